The van der Waals surface area contributed by atoms with Crippen molar-refractivity contribution in [2.75, 3.05) is 7.11 Å². The van der Waals surface area contributed by atoms with Crippen molar-refractivity contribution in [3.63, 3.8) is 0 Å². The molecule has 0 bridgehead atoms. The lowest BCUT2D eigenvalue weighted by molar-refractivity contribution is 0.0598. The summed E-state index contributed by atoms with van der Waals surface area (Å²) in [6.07, 6.45) is 1.73. The van der Waals surface area contributed by atoms with Crippen LogP contribution in [0.5, 0.6) is 11.5 Å². The van der Waals surface area contributed by atoms with E-state index in [9.17, 15) is 9.18 Å². The maximum Gasteiger partial charge on any atom is 0.341 e. The molecule has 1 aromatic heterocycles. The Kier molecular flexibility index (Phi) is 4.70. The molecule has 0 aliphatic heterocycles. The first-order valence-corrected chi connectivity index (χ1v) is 7.99. The van der Waals surface area contributed by atoms with E-state index in [2.05, 4.69) is 18.9 Å². The highest BCUT2D eigenvalue weighted by Crippen LogP contribution is 2.31. The van der Waals surface area contributed by atoms with Crippen molar-refractivity contribution >= 4 is 16.9 Å². The average molecular weight is 342 g/mol. The van der Waals surface area contributed by atoms with Crippen LogP contribution in [0.15, 0.2) is 42.6 Å². The van der Waals surface area contributed by atoms with Crippen molar-refractivity contribution in [1.82, 2.24) is 9.78 Å². The smallest absolute Gasteiger partial charge is 0.341 e. The summed E-state index contributed by atoms with van der Waals surface area (Å²) in [5, 5.41) is 5.23. The number of hydrogen-bond donors (Lipinski definition) is 0. The Hall–Kier alpha value is -2.89. The van der Waals surface area contributed by atoms with Crippen LogP contribution in [-0.4, -0.2) is 22.9 Å². The van der Waals surface area contributed by atoms with Gasteiger partial charge in [0.1, 0.15) is 22.9 Å². The van der Waals surface area contributed by atoms with Gasteiger partial charge in [0, 0.05) is 11.9 Å². The van der Waals surface area contributed by atoms with Gasteiger partial charge < -0.3 is 9.47 Å². The molecule has 0 unspecified atom stereocenters. The number of benzene rings is 2. The summed E-state index contributed by atoms with van der Waals surface area (Å²) in [5.41, 5.74) is 1.13. The van der Waals surface area contributed by atoms with Crippen molar-refractivity contribution in [2.45, 2.75) is 20.4 Å². The van der Waals surface area contributed by atoms with Gasteiger partial charge in [-0.05, 0) is 42.3 Å². The minimum absolute atomic E-state index is 0.296. The number of esters is 1. The molecule has 0 fully saturated rings. The van der Waals surface area contributed by atoms with E-state index < -0.39 is 5.97 Å². The summed E-state index contributed by atoms with van der Waals surface area (Å²) in [6, 6.07) is 9.06. The fourth-order valence-corrected chi connectivity index (χ4v) is 2.58. The number of aromatic nitrogens is 2. The maximum absolute atomic E-state index is 13.1. The van der Waals surface area contributed by atoms with E-state index in [0.29, 0.717) is 23.0 Å². The summed E-state index contributed by atoms with van der Waals surface area (Å²) in [7, 11) is 1.32. The van der Waals surface area contributed by atoms with Crippen LogP contribution in [0.25, 0.3) is 10.9 Å². The predicted octanol–water partition coefficient (Wildman–Crippen LogP) is 4.41. The van der Waals surface area contributed by atoms with Crippen LogP contribution in [0.2, 0.25) is 0 Å². The molecular weight excluding hydrogens is 323 g/mol. The van der Waals surface area contributed by atoms with Crippen LogP contribution in [-0.2, 0) is 11.3 Å². The standard InChI is InChI=1S/C19H19FN2O3/c1-12(2)11-22-17-9-16(19(23)24-3)18(8-13(17)10-21-22)25-15-6-4-14(20)5-7-15/h4-10,12H,11H2,1-3H3. The van der Waals surface area contributed by atoms with Crippen LogP contribution in [0, 0.1) is 11.7 Å². The quantitative estimate of drug-likeness (QED) is 0.645. The number of methoxy groups -OCH3 is 1. The molecule has 6 heteroatoms. The van der Waals surface area contributed by atoms with Gasteiger partial charge in [-0.3, -0.25) is 4.68 Å². The summed E-state index contributed by atoms with van der Waals surface area (Å²) in [5.74, 6) is 0.331. The zero-order chi connectivity index (χ0) is 18.0. The number of rotatable bonds is 5. The van der Waals surface area contributed by atoms with Crippen molar-refractivity contribution in [1.29, 1.82) is 0 Å². The zero-order valence-corrected chi connectivity index (χ0v) is 14.3. The van der Waals surface area contributed by atoms with Crippen molar-refractivity contribution in [3.8, 4) is 11.5 Å². The number of hydrogen-bond acceptors (Lipinski definition) is 4. The maximum atomic E-state index is 13.1. The van der Waals surface area contributed by atoms with Crippen LogP contribution in [0.3, 0.4) is 0 Å². The second-order valence-electron chi connectivity index (χ2n) is 6.18. The molecule has 3 rings (SSSR count). The van der Waals surface area contributed by atoms with Crippen LogP contribution < -0.4 is 4.74 Å². The van der Waals surface area contributed by atoms with Gasteiger partial charge in [-0.1, -0.05) is 13.8 Å². The minimum Gasteiger partial charge on any atom is -0.465 e. The zero-order valence-electron chi connectivity index (χ0n) is 14.3. The second kappa shape index (κ2) is 6.93. The van der Waals surface area contributed by atoms with Crippen LogP contribution in [0.1, 0.15) is 24.2 Å². The Morgan fingerprint density at radius 3 is 2.60 bits per heavy atom. The molecule has 0 amide bonds. The summed E-state index contributed by atoms with van der Waals surface area (Å²) in [6.45, 7) is 4.93. The summed E-state index contributed by atoms with van der Waals surface area (Å²) < 4.78 is 25.6. The van der Waals surface area contributed by atoms with E-state index in [-0.39, 0.29) is 5.82 Å². The minimum atomic E-state index is -0.503. The van der Waals surface area contributed by atoms with Crippen LogP contribution in [0.4, 0.5) is 4.39 Å². The molecule has 2 aromatic carbocycles. The molecular formula is C19H19FN2O3. The number of ether oxygens (including phenoxy) is 2. The van der Waals surface area contributed by atoms with E-state index in [1.54, 1.807) is 18.3 Å². The van der Waals surface area contributed by atoms with Crippen molar-refractivity contribution in [2.24, 2.45) is 5.92 Å². The Morgan fingerprint density at radius 2 is 1.96 bits per heavy atom. The second-order valence-corrected chi connectivity index (χ2v) is 6.18. The molecule has 0 atom stereocenters. The number of halogens is 1. The third-order valence-corrected chi connectivity index (χ3v) is 3.73. The van der Waals surface area contributed by atoms with E-state index >= 15 is 0 Å². The molecule has 0 spiro atoms. The fraction of sp³-hybridized carbons (Fsp3) is 0.263. The van der Waals surface area contributed by atoms with Gasteiger partial charge in [0.15, 0.2) is 0 Å². The first-order valence-electron chi connectivity index (χ1n) is 7.99. The lowest BCUT2D eigenvalue weighted by Gasteiger charge is -2.12. The average Bonchev–Trinajstić information content (AvgIpc) is 2.97. The fourth-order valence-electron chi connectivity index (χ4n) is 2.58. The highest BCUT2D eigenvalue weighted by molar-refractivity contribution is 5.97. The van der Waals surface area contributed by atoms with E-state index in [1.165, 1.54) is 31.4 Å². The molecule has 5 nitrogen and oxygen atoms in total. The van der Waals surface area contributed by atoms with Gasteiger partial charge in [-0.25, -0.2) is 9.18 Å². The largest absolute Gasteiger partial charge is 0.465 e. The lowest BCUT2D eigenvalue weighted by Crippen LogP contribution is -2.08. The van der Waals surface area contributed by atoms with E-state index in [4.69, 9.17) is 9.47 Å². The van der Waals surface area contributed by atoms with Gasteiger partial charge in [0.2, 0.25) is 0 Å². The summed E-state index contributed by atoms with van der Waals surface area (Å²) in [4.78, 5) is 12.2. The lowest BCUT2D eigenvalue weighted by atomic mass is 10.1. The Balaban J connectivity index is 2.06. The Labute approximate surface area is 145 Å². The molecule has 25 heavy (non-hydrogen) atoms. The predicted molar refractivity (Wildman–Crippen MR) is 92.4 cm³/mol. The van der Waals surface area contributed by atoms with Crippen molar-refractivity contribution < 1.29 is 18.7 Å². The van der Waals surface area contributed by atoms with Crippen LogP contribution >= 0.6 is 0 Å². The SMILES string of the molecule is COC(=O)c1cc2c(cnn2CC(C)C)cc1Oc1ccc(F)cc1. The highest BCUT2D eigenvalue weighted by Gasteiger charge is 2.18. The third kappa shape index (κ3) is 3.63. The normalized spacial score (nSPS) is 11.1. The molecule has 0 aliphatic carbocycles. The molecule has 0 saturated heterocycles. The van der Waals surface area contributed by atoms with E-state index in [1.807, 2.05) is 4.68 Å². The number of fused-ring (bicyclic) bond motifs is 1. The molecule has 130 valence electrons. The molecule has 0 aliphatic rings. The monoisotopic (exact) mass is 342 g/mol. The molecule has 3 aromatic rings. The van der Waals surface area contributed by atoms with Gasteiger partial charge in [0.05, 0.1) is 18.8 Å². The van der Waals surface area contributed by atoms with E-state index in [0.717, 1.165) is 17.4 Å². The molecule has 1 heterocycles. The van der Waals surface area contributed by atoms with Gasteiger partial charge in [-0.15, -0.1) is 0 Å². The van der Waals surface area contributed by atoms with Gasteiger partial charge in [0.25, 0.3) is 0 Å². The first kappa shape index (κ1) is 17.0. The highest BCUT2D eigenvalue weighted by atomic mass is 19.1. The topological polar surface area (TPSA) is 53.3 Å². The Bertz CT molecular complexity index is 901. The number of carbonyl (C=O) groups is 1. The molecule has 0 N–H and O–H groups in total. The number of carbonyl (C=O) groups excluding carboxylic acids is 1. The van der Waals surface area contributed by atoms with Gasteiger partial charge >= 0.3 is 5.97 Å². The Morgan fingerprint density at radius 1 is 1.24 bits per heavy atom. The first-order chi connectivity index (χ1) is 12.0. The summed E-state index contributed by atoms with van der Waals surface area (Å²) >= 11 is 0. The number of nitrogens with zero attached hydrogens (tertiary/aromatic N) is 2. The third-order valence-electron chi connectivity index (χ3n) is 3.73. The van der Waals surface area contributed by atoms with Crippen molar-refractivity contribution in [3.05, 3.63) is 54.0 Å². The van der Waals surface area contributed by atoms with Gasteiger partial charge in [-0.2, -0.15) is 5.10 Å². The molecule has 0 radical (unpaired) electrons. The molecule has 0 saturated carbocycles.